The summed E-state index contributed by atoms with van der Waals surface area (Å²) in [6, 6.07) is 3.66. The number of sulfone groups is 1. The molecule has 0 saturated heterocycles. The van der Waals surface area contributed by atoms with E-state index in [1.54, 1.807) is 13.2 Å². The van der Waals surface area contributed by atoms with Gasteiger partial charge in [-0.25, -0.2) is 8.42 Å². The van der Waals surface area contributed by atoms with Crippen molar-refractivity contribution < 1.29 is 17.9 Å². The zero-order valence-electron chi connectivity index (χ0n) is 11.0. The van der Waals surface area contributed by atoms with Crippen LogP contribution in [0.3, 0.4) is 0 Å². The lowest BCUT2D eigenvalue weighted by atomic mass is 10.2. The molecule has 0 aliphatic heterocycles. The van der Waals surface area contributed by atoms with Crippen LogP contribution in [0.5, 0.6) is 11.5 Å². The van der Waals surface area contributed by atoms with Crippen molar-refractivity contribution in [2.24, 2.45) is 5.73 Å². The highest BCUT2D eigenvalue weighted by atomic mass is 79.9. The van der Waals surface area contributed by atoms with Gasteiger partial charge >= 0.3 is 0 Å². The number of ether oxygens (including phenoxy) is 2. The average Bonchev–Trinajstić information content (AvgIpc) is 2.34. The molecule has 108 valence electrons. The third kappa shape index (κ3) is 5.38. The molecule has 1 aromatic rings. The van der Waals surface area contributed by atoms with Crippen molar-refractivity contribution in [3.05, 3.63) is 22.2 Å². The van der Waals surface area contributed by atoms with E-state index in [2.05, 4.69) is 15.9 Å². The van der Waals surface area contributed by atoms with Crippen LogP contribution in [0.25, 0.3) is 0 Å². The molecular formula is C12H18BrNO4S. The number of rotatable bonds is 7. The van der Waals surface area contributed by atoms with Gasteiger partial charge in [-0.3, -0.25) is 0 Å². The first-order valence-electron chi connectivity index (χ1n) is 5.74. The van der Waals surface area contributed by atoms with Crippen molar-refractivity contribution in [2.75, 3.05) is 25.7 Å². The zero-order valence-corrected chi connectivity index (χ0v) is 13.4. The Morgan fingerprint density at radius 2 is 2.05 bits per heavy atom. The number of halogens is 1. The molecule has 1 aromatic carbocycles. The van der Waals surface area contributed by atoms with Gasteiger partial charge in [0.05, 0.1) is 23.9 Å². The zero-order chi connectivity index (χ0) is 14.5. The highest BCUT2D eigenvalue weighted by Gasteiger charge is 2.11. The Labute approximate surface area is 122 Å². The Bertz CT molecular complexity index is 531. The van der Waals surface area contributed by atoms with Crippen LogP contribution in [0, 0.1) is 0 Å². The number of hydrogen-bond acceptors (Lipinski definition) is 5. The summed E-state index contributed by atoms with van der Waals surface area (Å²) in [5.74, 6) is 1.25. The SMILES string of the molecule is COc1cc(CN)cc(Br)c1OCCCS(C)(=O)=O. The minimum Gasteiger partial charge on any atom is -0.493 e. The van der Waals surface area contributed by atoms with Crippen LogP contribution in [-0.2, 0) is 16.4 Å². The molecule has 19 heavy (non-hydrogen) atoms. The maximum absolute atomic E-state index is 11.0. The van der Waals surface area contributed by atoms with Crippen molar-refractivity contribution in [3.8, 4) is 11.5 Å². The Morgan fingerprint density at radius 3 is 2.58 bits per heavy atom. The molecule has 0 radical (unpaired) electrons. The predicted molar refractivity (Wildman–Crippen MR) is 78.4 cm³/mol. The molecule has 2 N–H and O–H groups in total. The van der Waals surface area contributed by atoms with E-state index in [-0.39, 0.29) is 5.75 Å². The first-order chi connectivity index (χ1) is 8.87. The molecule has 0 aromatic heterocycles. The summed E-state index contributed by atoms with van der Waals surface area (Å²) in [5, 5.41) is 0. The van der Waals surface area contributed by atoms with Gasteiger partial charge in [-0.2, -0.15) is 0 Å². The van der Waals surface area contributed by atoms with Crippen LogP contribution in [0.1, 0.15) is 12.0 Å². The summed E-state index contributed by atoms with van der Waals surface area (Å²) in [7, 11) is -1.41. The lowest BCUT2D eigenvalue weighted by Gasteiger charge is -2.13. The van der Waals surface area contributed by atoms with Crippen LogP contribution in [0.2, 0.25) is 0 Å². The molecule has 0 aliphatic carbocycles. The summed E-state index contributed by atoms with van der Waals surface area (Å²) < 4.78 is 33.6. The fourth-order valence-electron chi connectivity index (χ4n) is 1.53. The van der Waals surface area contributed by atoms with Crippen molar-refractivity contribution in [2.45, 2.75) is 13.0 Å². The molecule has 0 unspecified atom stereocenters. The van der Waals surface area contributed by atoms with Crippen molar-refractivity contribution in [1.82, 2.24) is 0 Å². The average molecular weight is 352 g/mol. The van der Waals surface area contributed by atoms with Gasteiger partial charge in [0.25, 0.3) is 0 Å². The van der Waals surface area contributed by atoms with E-state index in [1.165, 1.54) is 6.26 Å². The number of benzene rings is 1. The van der Waals surface area contributed by atoms with Crippen LogP contribution in [0.15, 0.2) is 16.6 Å². The highest BCUT2D eigenvalue weighted by Crippen LogP contribution is 2.36. The van der Waals surface area contributed by atoms with Crippen molar-refractivity contribution in [3.63, 3.8) is 0 Å². The standard InChI is InChI=1S/C12H18BrNO4S/c1-17-11-7-9(8-14)6-10(13)12(11)18-4-3-5-19(2,15)16/h6-7H,3-5,8,14H2,1-2H3. The second-order valence-electron chi connectivity index (χ2n) is 4.15. The lowest BCUT2D eigenvalue weighted by molar-refractivity contribution is 0.292. The fourth-order valence-corrected chi connectivity index (χ4v) is 2.77. The maximum Gasteiger partial charge on any atom is 0.175 e. The van der Waals surface area contributed by atoms with Crippen molar-refractivity contribution >= 4 is 25.8 Å². The molecule has 5 nitrogen and oxygen atoms in total. The van der Waals surface area contributed by atoms with Gasteiger partial charge < -0.3 is 15.2 Å². The number of nitrogens with two attached hydrogens (primary N) is 1. The van der Waals surface area contributed by atoms with Gasteiger partial charge in [0.2, 0.25) is 0 Å². The second kappa shape index (κ2) is 7.12. The summed E-state index contributed by atoms with van der Waals surface area (Å²) in [5.41, 5.74) is 6.50. The van der Waals surface area contributed by atoms with Gasteiger partial charge in [0.15, 0.2) is 11.5 Å². The number of hydrogen-bond donors (Lipinski definition) is 1. The van der Waals surface area contributed by atoms with Crippen LogP contribution in [0.4, 0.5) is 0 Å². The van der Waals surface area contributed by atoms with E-state index in [9.17, 15) is 8.42 Å². The van der Waals surface area contributed by atoms with Crippen molar-refractivity contribution in [1.29, 1.82) is 0 Å². The summed E-state index contributed by atoms with van der Waals surface area (Å²) in [6.45, 7) is 0.716. The van der Waals surface area contributed by atoms with E-state index >= 15 is 0 Å². The van der Waals surface area contributed by atoms with E-state index in [0.717, 1.165) is 10.0 Å². The topological polar surface area (TPSA) is 78.6 Å². The van der Waals surface area contributed by atoms with Crippen LogP contribution >= 0.6 is 15.9 Å². The van der Waals surface area contributed by atoms with Crippen LogP contribution < -0.4 is 15.2 Å². The summed E-state index contributed by atoms with van der Waals surface area (Å²) in [4.78, 5) is 0. The molecule has 0 heterocycles. The van der Waals surface area contributed by atoms with E-state index in [4.69, 9.17) is 15.2 Å². The fraction of sp³-hybridized carbons (Fsp3) is 0.500. The van der Waals surface area contributed by atoms with E-state index in [0.29, 0.717) is 31.1 Å². The van der Waals surface area contributed by atoms with Gasteiger partial charge in [-0.1, -0.05) is 0 Å². The van der Waals surface area contributed by atoms with Gasteiger partial charge in [-0.05, 0) is 40.0 Å². The summed E-state index contributed by atoms with van der Waals surface area (Å²) >= 11 is 3.39. The van der Waals surface area contributed by atoms with Gasteiger partial charge in [-0.15, -0.1) is 0 Å². The van der Waals surface area contributed by atoms with E-state index in [1.807, 2.05) is 6.07 Å². The Kier molecular flexibility index (Phi) is 6.09. The smallest absolute Gasteiger partial charge is 0.175 e. The largest absolute Gasteiger partial charge is 0.493 e. The number of methoxy groups -OCH3 is 1. The summed E-state index contributed by atoms with van der Waals surface area (Å²) in [6.07, 6.45) is 1.65. The minimum absolute atomic E-state index is 0.105. The van der Waals surface area contributed by atoms with Gasteiger partial charge in [0, 0.05) is 12.8 Å². The Balaban J connectivity index is 2.72. The molecule has 0 aliphatic rings. The molecule has 0 spiro atoms. The third-order valence-corrected chi connectivity index (χ3v) is 4.05. The van der Waals surface area contributed by atoms with Crippen LogP contribution in [-0.4, -0.2) is 34.1 Å². The Hall–Kier alpha value is -0.790. The molecule has 0 fully saturated rings. The lowest BCUT2D eigenvalue weighted by Crippen LogP contribution is -2.09. The minimum atomic E-state index is -2.95. The maximum atomic E-state index is 11.0. The molecule has 0 bridgehead atoms. The predicted octanol–water partition coefficient (Wildman–Crippen LogP) is 1.73. The third-order valence-electron chi connectivity index (χ3n) is 2.43. The van der Waals surface area contributed by atoms with E-state index < -0.39 is 9.84 Å². The van der Waals surface area contributed by atoms with Gasteiger partial charge in [0.1, 0.15) is 9.84 Å². The molecular weight excluding hydrogens is 334 g/mol. The first-order valence-corrected chi connectivity index (χ1v) is 8.59. The Morgan fingerprint density at radius 1 is 1.37 bits per heavy atom. The molecule has 7 heteroatoms. The molecule has 0 atom stereocenters. The monoisotopic (exact) mass is 351 g/mol. The highest BCUT2D eigenvalue weighted by molar-refractivity contribution is 9.10. The molecule has 0 saturated carbocycles. The molecule has 0 amide bonds. The first kappa shape index (κ1) is 16.3. The normalized spacial score (nSPS) is 11.4. The molecule has 1 rings (SSSR count). The quantitative estimate of drug-likeness (QED) is 0.756. The second-order valence-corrected chi connectivity index (χ2v) is 7.26.